The third kappa shape index (κ3) is 5.45. The van der Waals surface area contributed by atoms with Crippen LogP contribution in [-0.2, 0) is 11.2 Å². The highest BCUT2D eigenvalue weighted by Crippen LogP contribution is 2.15. The quantitative estimate of drug-likeness (QED) is 0.627. The van der Waals surface area contributed by atoms with Crippen molar-refractivity contribution >= 4 is 29.2 Å². The number of hydrogen-bond acceptors (Lipinski definition) is 4. The molecule has 2 amide bonds. The highest BCUT2D eigenvalue weighted by atomic mass is 35.5. The summed E-state index contributed by atoms with van der Waals surface area (Å²) in [7, 11) is 0. The van der Waals surface area contributed by atoms with Crippen molar-refractivity contribution in [3.05, 3.63) is 95.1 Å². The maximum atomic E-state index is 13.4. The van der Waals surface area contributed by atoms with Gasteiger partial charge in [0.15, 0.2) is 0 Å². The van der Waals surface area contributed by atoms with Gasteiger partial charge in [0.2, 0.25) is 5.91 Å². The van der Waals surface area contributed by atoms with E-state index in [4.69, 9.17) is 11.6 Å². The van der Waals surface area contributed by atoms with Gasteiger partial charge < -0.3 is 15.1 Å². The van der Waals surface area contributed by atoms with E-state index in [1.54, 1.807) is 30.5 Å². The lowest BCUT2D eigenvalue weighted by Gasteiger charge is -2.37. The van der Waals surface area contributed by atoms with Gasteiger partial charge in [0.1, 0.15) is 11.9 Å². The number of rotatable bonds is 6. The minimum absolute atomic E-state index is 0.0724. The molecule has 0 aliphatic carbocycles. The molecule has 7 heteroatoms. The van der Waals surface area contributed by atoms with Gasteiger partial charge in [0.25, 0.3) is 5.91 Å². The maximum Gasteiger partial charge on any atom is 0.251 e. The second-order valence-electron chi connectivity index (χ2n) is 7.72. The number of pyridine rings is 1. The van der Waals surface area contributed by atoms with Crippen LogP contribution in [0.25, 0.3) is 0 Å². The number of carbonyl (C=O) groups excluding carboxylic acids is 2. The van der Waals surface area contributed by atoms with E-state index in [0.29, 0.717) is 43.2 Å². The van der Waals surface area contributed by atoms with E-state index >= 15 is 0 Å². The third-order valence-electron chi connectivity index (χ3n) is 5.56. The molecule has 1 aromatic heterocycles. The molecule has 2 aromatic carbocycles. The highest BCUT2D eigenvalue weighted by Gasteiger charge is 2.29. The zero-order valence-electron chi connectivity index (χ0n) is 17.7. The fourth-order valence-electron chi connectivity index (χ4n) is 3.81. The average molecular weight is 449 g/mol. The van der Waals surface area contributed by atoms with Crippen LogP contribution in [0.2, 0.25) is 5.02 Å². The van der Waals surface area contributed by atoms with Crippen LogP contribution < -0.4 is 10.2 Å². The Kier molecular flexibility index (Phi) is 7.02. The van der Waals surface area contributed by atoms with E-state index in [-0.39, 0.29) is 11.8 Å². The van der Waals surface area contributed by atoms with E-state index in [1.807, 2.05) is 53.4 Å². The number of benzene rings is 2. The van der Waals surface area contributed by atoms with Gasteiger partial charge in [-0.15, -0.1) is 0 Å². The molecule has 32 heavy (non-hydrogen) atoms. The van der Waals surface area contributed by atoms with E-state index < -0.39 is 6.04 Å². The largest absolute Gasteiger partial charge is 0.353 e. The second-order valence-corrected chi connectivity index (χ2v) is 8.16. The summed E-state index contributed by atoms with van der Waals surface area (Å²) in [5.41, 5.74) is 1.47. The molecule has 0 radical (unpaired) electrons. The van der Waals surface area contributed by atoms with Crippen molar-refractivity contribution in [3.8, 4) is 0 Å². The van der Waals surface area contributed by atoms with Crippen LogP contribution in [0.5, 0.6) is 0 Å². The number of hydrogen-bond donors (Lipinski definition) is 1. The summed E-state index contributed by atoms with van der Waals surface area (Å²) in [6.07, 6.45) is 2.20. The summed E-state index contributed by atoms with van der Waals surface area (Å²) in [5, 5.41) is 3.50. The SMILES string of the molecule is O=C(NC(Cc1ccccc1)C(=O)N1CCN(c2ccccn2)CC1)c1ccc(Cl)cc1. The first-order chi connectivity index (χ1) is 15.6. The Hall–Kier alpha value is -3.38. The Morgan fingerprint density at radius 1 is 0.906 bits per heavy atom. The third-order valence-corrected chi connectivity index (χ3v) is 5.81. The number of anilines is 1. The molecule has 1 fully saturated rings. The first-order valence-electron chi connectivity index (χ1n) is 10.7. The van der Waals surface area contributed by atoms with Gasteiger partial charge in [-0.3, -0.25) is 9.59 Å². The zero-order valence-corrected chi connectivity index (χ0v) is 18.4. The second kappa shape index (κ2) is 10.3. The van der Waals surface area contributed by atoms with Gasteiger partial charge in [-0.25, -0.2) is 4.98 Å². The Bertz CT molecular complexity index is 1040. The smallest absolute Gasteiger partial charge is 0.251 e. The van der Waals surface area contributed by atoms with Crippen molar-refractivity contribution in [3.63, 3.8) is 0 Å². The molecule has 1 aliphatic heterocycles. The molecule has 2 heterocycles. The summed E-state index contributed by atoms with van der Waals surface area (Å²) in [6, 6.07) is 21.6. The number of nitrogens with one attached hydrogen (secondary N) is 1. The van der Waals surface area contributed by atoms with Crippen LogP contribution in [0.3, 0.4) is 0 Å². The van der Waals surface area contributed by atoms with Gasteiger partial charge in [0, 0.05) is 49.4 Å². The molecule has 1 N–H and O–H groups in total. The topological polar surface area (TPSA) is 65.5 Å². The molecule has 4 rings (SSSR count). The minimum Gasteiger partial charge on any atom is -0.353 e. The van der Waals surface area contributed by atoms with Crippen LogP contribution in [0.15, 0.2) is 79.0 Å². The van der Waals surface area contributed by atoms with Gasteiger partial charge in [0.05, 0.1) is 0 Å². The summed E-state index contributed by atoms with van der Waals surface area (Å²) < 4.78 is 0. The fourth-order valence-corrected chi connectivity index (χ4v) is 3.94. The Labute approximate surface area is 192 Å². The molecular formula is C25H25ClN4O2. The zero-order chi connectivity index (χ0) is 22.3. The van der Waals surface area contributed by atoms with Crippen molar-refractivity contribution < 1.29 is 9.59 Å². The van der Waals surface area contributed by atoms with Crippen molar-refractivity contribution in [2.45, 2.75) is 12.5 Å². The lowest BCUT2D eigenvalue weighted by Crippen LogP contribution is -2.55. The average Bonchev–Trinajstić information content (AvgIpc) is 2.85. The molecule has 164 valence electrons. The Morgan fingerprint density at radius 3 is 2.25 bits per heavy atom. The van der Waals surface area contributed by atoms with Gasteiger partial charge >= 0.3 is 0 Å². The number of piperazine rings is 1. The molecule has 0 spiro atoms. The monoisotopic (exact) mass is 448 g/mol. The minimum atomic E-state index is -0.651. The number of carbonyl (C=O) groups is 2. The summed E-state index contributed by atoms with van der Waals surface area (Å²) >= 11 is 5.94. The van der Waals surface area contributed by atoms with Crippen LogP contribution in [0, 0.1) is 0 Å². The van der Waals surface area contributed by atoms with Crippen molar-refractivity contribution in [1.82, 2.24) is 15.2 Å². The van der Waals surface area contributed by atoms with Crippen molar-refractivity contribution in [2.24, 2.45) is 0 Å². The summed E-state index contributed by atoms with van der Waals surface area (Å²) in [6.45, 7) is 2.56. The molecule has 1 unspecified atom stereocenters. The molecular weight excluding hydrogens is 424 g/mol. The lowest BCUT2D eigenvalue weighted by atomic mass is 10.0. The number of nitrogens with zero attached hydrogens (tertiary/aromatic N) is 3. The molecule has 3 aromatic rings. The summed E-state index contributed by atoms with van der Waals surface area (Å²) in [4.78, 5) is 34.7. The first-order valence-corrected chi connectivity index (χ1v) is 11.0. The number of aromatic nitrogens is 1. The van der Waals surface area contributed by atoms with E-state index in [9.17, 15) is 9.59 Å². The maximum absolute atomic E-state index is 13.4. The lowest BCUT2D eigenvalue weighted by molar-refractivity contribution is -0.133. The predicted octanol–water partition coefficient (Wildman–Crippen LogP) is 3.42. The normalized spacial score (nSPS) is 14.7. The molecule has 1 saturated heterocycles. The van der Waals surface area contributed by atoms with Crippen LogP contribution >= 0.6 is 11.6 Å². The highest BCUT2D eigenvalue weighted by molar-refractivity contribution is 6.30. The first kappa shape index (κ1) is 21.8. The van der Waals surface area contributed by atoms with E-state index in [1.165, 1.54) is 0 Å². The summed E-state index contributed by atoms with van der Waals surface area (Å²) in [5.74, 6) is 0.552. The fraction of sp³-hybridized carbons (Fsp3) is 0.240. The van der Waals surface area contributed by atoms with Crippen LogP contribution in [-0.4, -0.2) is 53.9 Å². The predicted molar refractivity (Wildman–Crippen MR) is 126 cm³/mol. The van der Waals surface area contributed by atoms with Gasteiger partial charge in [-0.1, -0.05) is 48.0 Å². The van der Waals surface area contributed by atoms with Crippen LogP contribution in [0.1, 0.15) is 15.9 Å². The van der Waals surface area contributed by atoms with Crippen molar-refractivity contribution in [2.75, 3.05) is 31.1 Å². The molecule has 6 nitrogen and oxygen atoms in total. The molecule has 1 atom stereocenters. The van der Waals surface area contributed by atoms with Crippen LogP contribution in [0.4, 0.5) is 5.82 Å². The number of amides is 2. The Balaban J connectivity index is 1.46. The Morgan fingerprint density at radius 2 is 1.59 bits per heavy atom. The molecule has 0 saturated carbocycles. The van der Waals surface area contributed by atoms with Crippen molar-refractivity contribution in [1.29, 1.82) is 0 Å². The van der Waals surface area contributed by atoms with E-state index in [2.05, 4.69) is 15.2 Å². The number of halogens is 1. The standard InChI is InChI=1S/C25H25ClN4O2/c26-21-11-9-20(10-12-21)24(31)28-22(18-19-6-2-1-3-7-19)25(32)30-16-14-29(15-17-30)23-8-4-5-13-27-23/h1-13,22H,14-18H2,(H,28,31). The van der Waals surface area contributed by atoms with E-state index in [0.717, 1.165) is 11.4 Å². The van der Waals surface area contributed by atoms with Gasteiger partial charge in [-0.2, -0.15) is 0 Å². The molecule has 0 bridgehead atoms. The molecule has 1 aliphatic rings. The van der Waals surface area contributed by atoms with Gasteiger partial charge in [-0.05, 0) is 42.0 Å².